The average Bonchev–Trinajstić information content (AvgIpc) is 2.84. The van der Waals surface area contributed by atoms with Gasteiger partial charge in [0.2, 0.25) is 5.95 Å². The summed E-state index contributed by atoms with van der Waals surface area (Å²) in [4.78, 5) is 11.4. The lowest BCUT2D eigenvalue weighted by atomic mass is 10.1. The maximum absolute atomic E-state index is 5.86. The van der Waals surface area contributed by atoms with Crippen LogP contribution in [0.1, 0.15) is 31.5 Å². The number of ether oxygens (including phenoxy) is 1. The van der Waals surface area contributed by atoms with Gasteiger partial charge in [-0.25, -0.2) is 4.98 Å². The lowest BCUT2D eigenvalue weighted by Crippen LogP contribution is -2.23. The second kappa shape index (κ2) is 6.51. The van der Waals surface area contributed by atoms with Gasteiger partial charge >= 0.3 is 0 Å². The highest BCUT2D eigenvalue weighted by molar-refractivity contribution is 5.74. The fraction of sp³-hybridized carbons (Fsp3) is 0.471. The number of hydrogen-bond donors (Lipinski definition) is 1. The van der Waals surface area contributed by atoms with E-state index in [2.05, 4.69) is 33.3 Å². The van der Waals surface area contributed by atoms with Crippen molar-refractivity contribution in [1.29, 1.82) is 0 Å². The molecule has 0 aromatic carbocycles. The van der Waals surface area contributed by atoms with Gasteiger partial charge in [-0.15, -0.1) is 5.10 Å². The Morgan fingerprint density at radius 1 is 1.38 bits per heavy atom. The predicted molar refractivity (Wildman–Crippen MR) is 96.0 cm³/mol. The zero-order chi connectivity index (χ0) is 17.3. The largest absolute Gasteiger partial charge is 0.475 e. The van der Waals surface area contributed by atoms with Crippen molar-refractivity contribution in [3.05, 3.63) is 23.5 Å². The molecule has 2 aromatic rings. The van der Waals surface area contributed by atoms with Crippen molar-refractivity contribution in [1.82, 2.24) is 19.7 Å². The molecule has 1 aliphatic heterocycles. The molecule has 24 heavy (non-hydrogen) atoms. The number of anilines is 3. The molecule has 0 atom stereocenters. The van der Waals surface area contributed by atoms with Crippen LogP contribution in [0.15, 0.2) is 12.3 Å². The maximum Gasteiger partial charge on any atom is 0.257 e. The van der Waals surface area contributed by atoms with Crippen molar-refractivity contribution >= 4 is 23.0 Å². The van der Waals surface area contributed by atoms with E-state index in [-0.39, 0.29) is 0 Å². The molecule has 0 radical (unpaired) electrons. The number of rotatable bonds is 1. The van der Waals surface area contributed by atoms with Crippen molar-refractivity contribution in [3.8, 4) is 5.88 Å². The van der Waals surface area contributed by atoms with Crippen molar-refractivity contribution in [2.75, 3.05) is 30.4 Å². The van der Waals surface area contributed by atoms with Crippen LogP contribution in [-0.2, 0) is 7.05 Å². The molecule has 0 aliphatic carbocycles. The first-order valence-electron chi connectivity index (χ1n) is 8.16. The van der Waals surface area contributed by atoms with Gasteiger partial charge in [0.15, 0.2) is 0 Å². The zero-order valence-electron chi connectivity index (χ0n) is 14.9. The monoisotopic (exact) mass is 328 g/mol. The second-order valence-corrected chi connectivity index (χ2v) is 6.04. The molecule has 0 amide bonds. The number of aromatic nitrogens is 4. The van der Waals surface area contributed by atoms with Crippen LogP contribution in [0.5, 0.6) is 5.88 Å². The molecule has 0 saturated carbocycles. The Hall–Kier alpha value is -2.57. The van der Waals surface area contributed by atoms with E-state index in [4.69, 9.17) is 9.72 Å². The number of nitrogens with one attached hydrogen (secondary N) is 1. The molecular formula is C17H24N6O. The third kappa shape index (κ3) is 2.93. The highest BCUT2D eigenvalue weighted by Gasteiger charge is 2.19. The molecule has 2 aromatic heterocycles. The van der Waals surface area contributed by atoms with Crippen molar-refractivity contribution in [2.45, 2.75) is 27.2 Å². The summed E-state index contributed by atoms with van der Waals surface area (Å²) >= 11 is 0. The number of allylic oxidation sites excluding steroid dienone is 2. The van der Waals surface area contributed by atoms with E-state index >= 15 is 0 Å². The standard InChI is InChI=1S/C17H24N6O/c1-6-11(2)13-10-18-17-19-14-12(3)23(5)21-16(14)24-9-7-8-22(4)15(13)20-17/h6,10H,7-9H2,1-5H3,(H,18,19,20)/b11-6+. The zero-order valence-corrected chi connectivity index (χ0v) is 14.9. The summed E-state index contributed by atoms with van der Waals surface area (Å²) in [7, 11) is 3.95. The van der Waals surface area contributed by atoms with Crippen LogP contribution in [0, 0.1) is 6.92 Å². The lowest BCUT2D eigenvalue weighted by molar-refractivity contribution is 0.299. The smallest absolute Gasteiger partial charge is 0.257 e. The van der Waals surface area contributed by atoms with Gasteiger partial charge in [0.05, 0.1) is 12.3 Å². The first-order chi connectivity index (χ1) is 11.5. The van der Waals surface area contributed by atoms with Gasteiger partial charge in [0, 0.05) is 32.4 Å². The highest BCUT2D eigenvalue weighted by Crippen LogP contribution is 2.32. The fourth-order valence-electron chi connectivity index (χ4n) is 2.67. The Morgan fingerprint density at radius 2 is 2.17 bits per heavy atom. The molecule has 7 nitrogen and oxygen atoms in total. The maximum atomic E-state index is 5.86. The Bertz CT molecular complexity index is 780. The van der Waals surface area contributed by atoms with Crippen molar-refractivity contribution in [3.63, 3.8) is 0 Å². The number of fused-ring (bicyclic) bond motifs is 3. The second-order valence-electron chi connectivity index (χ2n) is 6.04. The minimum atomic E-state index is 0.548. The van der Waals surface area contributed by atoms with E-state index in [1.807, 2.05) is 34.1 Å². The first kappa shape index (κ1) is 16.3. The topological polar surface area (TPSA) is 68.1 Å². The molecular weight excluding hydrogens is 304 g/mol. The molecule has 0 saturated heterocycles. The minimum absolute atomic E-state index is 0.548. The SMILES string of the molecule is C/C=C(\C)c1cnc2nc1N(C)CCCOc1nn(C)c(C)c1N2. The van der Waals surface area contributed by atoms with Gasteiger partial charge in [-0.05, 0) is 32.8 Å². The number of hydrogen-bond acceptors (Lipinski definition) is 6. The van der Waals surface area contributed by atoms with E-state index in [9.17, 15) is 0 Å². The molecule has 128 valence electrons. The molecule has 2 bridgehead atoms. The third-order valence-corrected chi connectivity index (χ3v) is 4.40. The van der Waals surface area contributed by atoms with Gasteiger partial charge in [-0.1, -0.05) is 6.08 Å². The van der Waals surface area contributed by atoms with Crippen LogP contribution < -0.4 is 15.0 Å². The molecule has 3 rings (SSSR count). The van der Waals surface area contributed by atoms with Crippen molar-refractivity contribution < 1.29 is 4.74 Å². The summed E-state index contributed by atoms with van der Waals surface area (Å²) in [5.41, 5.74) is 4.02. The van der Waals surface area contributed by atoms with Crippen LogP contribution in [0.25, 0.3) is 5.57 Å². The Labute approximate surface area is 142 Å². The summed E-state index contributed by atoms with van der Waals surface area (Å²) in [5.74, 6) is 2.07. The Balaban J connectivity index is 2.09. The summed E-state index contributed by atoms with van der Waals surface area (Å²) in [6.07, 6.45) is 4.84. The summed E-state index contributed by atoms with van der Waals surface area (Å²) in [6, 6.07) is 0. The van der Waals surface area contributed by atoms with Gasteiger partial charge in [-0.2, -0.15) is 4.98 Å². The normalized spacial score (nSPS) is 15.2. The van der Waals surface area contributed by atoms with E-state index in [0.717, 1.165) is 41.3 Å². The molecule has 1 N–H and O–H groups in total. The van der Waals surface area contributed by atoms with Crippen LogP contribution in [0.2, 0.25) is 0 Å². The predicted octanol–water partition coefficient (Wildman–Crippen LogP) is 2.90. The van der Waals surface area contributed by atoms with Crippen LogP contribution in [0.3, 0.4) is 0 Å². The lowest BCUT2D eigenvalue weighted by Gasteiger charge is -2.21. The van der Waals surface area contributed by atoms with Crippen molar-refractivity contribution in [2.24, 2.45) is 7.05 Å². The minimum Gasteiger partial charge on any atom is -0.475 e. The molecule has 0 fully saturated rings. The number of nitrogens with zero attached hydrogens (tertiary/aromatic N) is 5. The van der Waals surface area contributed by atoms with Gasteiger partial charge in [0.1, 0.15) is 11.5 Å². The van der Waals surface area contributed by atoms with E-state index in [1.54, 1.807) is 4.68 Å². The fourth-order valence-corrected chi connectivity index (χ4v) is 2.67. The van der Waals surface area contributed by atoms with E-state index in [1.165, 1.54) is 0 Å². The van der Waals surface area contributed by atoms with E-state index in [0.29, 0.717) is 18.4 Å². The van der Waals surface area contributed by atoms with Crippen LogP contribution in [-0.4, -0.2) is 39.9 Å². The number of aryl methyl sites for hydroxylation is 1. The third-order valence-electron chi connectivity index (χ3n) is 4.40. The van der Waals surface area contributed by atoms with E-state index < -0.39 is 0 Å². The summed E-state index contributed by atoms with van der Waals surface area (Å²) in [6.45, 7) is 7.55. The molecule has 0 spiro atoms. The average molecular weight is 328 g/mol. The Kier molecular flexibility index (Phi) is 4.42. The van der Waals surface area contributed by atoms with Gasteiger partial charge in [0.25, 0.3) is 5.88 Å². The summed E-state index contributed by atoms with van der Waals surface area (Å²) in [5, 5.41) is 7.70. The molecule has 0 unspecified atom stereocenters. The highest BCUT2D eigenvalue weighted by atomic mass is 16.5. The van der Waals surface area contributed by atoms with Gasteiger partial charge < -0.3 is 15.0 Å². The molecule has 7 heteroatoms. The van der Waals surface area contributed by atoms with Gasteiger partial charge in [-0.3, -0.25) is 4.68 Å². The summed E-state index contributed by atoms with van der Waals surface area (Å²) < 4.78 is 7.66. The van der Waals surface area contributed by atoms with Crippen LogP contribution in [0.4, 0.5) is 17.5 Å². The molecule has 3 heterocycles. The molecule has 1 aliphatic rings. The van der Waals surface area contributed by atoms with Crippen LogP contribution >= 0.6 is 0 Å². The Morgan fingerprint density at radius 3 is 2.92 bits per heavy atom. The quantitative estimate of drug-likeness (QED) is 0.868. The first-order valence-corrected chi connectivity index (χ1v) is 8.16.